The Kier molecular flexibility index (Phi) is 25.4. The zero-order chi connectivity index (χ0) is 29.2. The summed E-state index contributed by atoms with van der Waals surface area (Å²) in [5, 5.41) is 0.157. The second-order valence-corrected chi connectivity index (χ2v) is 12.6. The molecule has 2 N–H and O–H groups in total. The molecule has 11 heteroatoms. The first-order valence-electron chi connectivity index (χ1n) is 14.8. The minimum Gasteiger partial charge on any atom is -0.462 e. The van der Waals surface area contributed by atoms with Crippen LogP contribution in [0.3, 0.4) is 0 Å². The Bertz CT molecular complexity index is 684. The van der Waals surface area contributed by atoms with Crippen LogP contribution in [0.15, 0.2) is 0 Å². The Morgan fingerprint density at radius 2 is 1.15 bits per heavy atom. The third kappa shape index (κ3) is 29.9. The first kappa shape index (κ1) is 38.1. The number of phosphoric ester groups is 1. The average molecular weight is 597 g/mol. The average Bonchev–Trinajstić information content (AvgIpc) is 2.87. The van der Waals surface area contributed by atoms with E-state index in [1.807, 2.05) is 0 Å². The molecule has 0 aromatic rings. The topological polar surface area (TPSA) is 136 Å². The lowest BCUT2D eigenvalue weighted by atomic mass is 10.1. The van der Waals surface area contributed by atoms with Crippen molar-refractivity contribution in [1.82, 2.24) is 0 Å². The van der Waals surface area contributed by atoms with Crippen molar-refractivity contribution in [3.05, 3.63) is 0 Å². The van der Waals surface area contributed by atoms with Crippen molar-refractivity contribution in [1.29, 1.82) is 0 Å². The Morgan fingerprint density at radius 1 is 0.692 bits per heavy atom. The van der Waals surface area contributed by atoms with E-state index in [4.69, 9.17) is 19.3 Å². The maximum Gasteiger partial charge on any atom is 0.469 e. The first-order chi connectivity index (χ1) is 18.6. The Labute approximate surface area is 240 Å². The number of carbonyl (C=O) groups excluding carboxylic acids is 3. The molecule has 0 rings (SSSR count). The summed E-state index contributed by atoms with van der Waals surface area (Å²) in [7, 11) is -4.75. The fourth-order valence-corrected chi connectivity index (χ4v) is 5.02. The molecule has 39 heavy (non-hydrogen) atoms. The van der Waals surface area contributed by atoms with Crippen molar-refractivity contribution in [3.8, 4) is 0 Å². The summed E-state index contributed by atoms with van der Waals surface area (Å²) in [4.78, 5) is 53.1. The van der Waals surface area contributed by atoms with Crippen LogP contribution in [0.2, 0.25) is 0 Å². The standard InChI is InChI=1S/C28H53O9PS/c1-3-4-5-6-7-8-9-11-15-18-21-28(31)37-26(24-36-38(32,33)34)23-35-27(30)20-17-14-12-10-13-16-19-22-39-25(2)29/h26H,3-24H2,1-2H3,(H2,32,33,34)/t26-/m1/s1. The number of thioether (sulfide) groups is 1. The maximum atomic E-state index is 12.2. The van der Waals surface area contributed by atoms with Crippen LogP contribution in [-0.2, 0) is 32.9 Å². The second kappa shape index (κ2) is 26.0. The van der Waals surface area contributed by atoms with Gasteiger partial charge in [-0.25, -0.2) is 4.57 Å². The molecule has 0 saturated carbocycles. The van der Waals surface area contributed by atoms with Gasteiger partial charge in [0.2, 0.25) is 0 Å². The Balaban J connectivity index is 4.04. The van der Waals surface area contributed by atoms with E-state index in [2.05, 4.69) is 11.4 Å². The van der Waals surface area contributed by atoms with Gasteiger partial charge >= 0.3 is 19.8 Å². The van der Waals surface area contributed by atoms with E-state index in [0.717, 1.165) is 63.5 Å². The fraction of sp³-hybridized carbons (Fsp3) is 0.893. The third-order valence-corrected chi connectivity index (χ3v) is 7.61. The molecule has 0 heterocycles. The summed E-state index contributed by atoms with van der Waals surface area (Å²) in [5.41, 5.74) is 0. The van der Waals surface area contributed by atoms with Gasteiger partial charge in [-0.3, -0.25) is 18.9 Å². The monoisotopic (exact) mass is 596 g/mol. The molecule has 0 aliphatic heterocycles. The summed E-state index contributed by atoms with van der Waals surface area (Å²) in [6.45, 7) is 2.93. The van der Waals surface area contributed by atoms with Crippen LogP contribution in [0, 0.1) is 0 Å². The minimum absolute atomic E-state index is 0.157. The molecule has 0 fully saturated rings. The lowest BCUT2D eigenvalue weighted by molar-refractivity contribution is -0.161. The lowest BCUT2D eigenvalue weighted by Gasteiger charge is -2.18. The van der Waals surface area contributed by atoms with Gasteiger partial charge in [-0.2, -0.15) is 0 Å². The molecule has 1 atom stereocenters. The molecule has 0 saturated heterocycles. The van der Waals surface area contributed by atoms with Crippen LogP contribution in [0.5, 0.6) is 0 Å². The molecule has 0 bridgehead atoms. The zero-order valence-corrected chi connectivity index (χ0v) is 26.0. The number of unbranched alkanes of at least 4 members (excludes halogenated alkanes) is 15. The highest BCUT2D eigenvalue weighted by molar-refractivity contribution is 8.13. The highest BCUT2D eigenvalue weighted by Gasteiger charge is 2.22. The van der Waals surface area contributed by atoms with Gasteiger partial charge < -0.3 is 19.3 Å². The zero-order valence-electron chi connectivity index (χ0n) is 24.2. The number of rotatable bonds is 27. The van der Waals surface area contributed by atoms with Crippen LogP contribution in [0.4, 0.5) is 0 Å². The van der Waals surface area contributed by atoms with Gasteiger partial charge in [0.05, 0.1) is 6.61 Å². The molecule has 0 aliphatic carbocycles. The molecule has 0 radical (unpaired) electrons. The molecule has 0 unspecified atom stereocenters. The normalized spacial score (nSPS) is 12.3. The van der Waals surface area contributed by atoms with E-state index in [9.17, 15) is 18.9 Å². The fourth-order valence-electron chi connectivity index (χ4n) is 4.03. The third-order valence-electron chi connectivity index (χ3n) is 6.22. The summed E-state index contributed by atoms with van der Waals surface area (Å²) < 4.78 is 26.0. The van der Waals surface area contributed by atoms with Crippen molar-refractivity contribution >= 4 is 36.6 Å². The van der Waals surface area contributed by atoms with E-state index >= 15 is 0 Å². The Morgan fingerprint density at radius 3 is 1.64 bits per heavy atom. The van der Waals surface area contributed by atoms with Gasteiger partial charge in [0.1, 0.15) is 6.61 Å². The SMILES string of the molecule is CCCCCCCCCCCCC(=O)O[C@H](COC(=O)CCCCCCCCCSC(C)=O)COP(=O)(O)O. The first-order valence-corrected chi connectivity index (χ1v) is 17.3. The minimum atomic E-state index is -4.75. The largest absolute Gasteiger partial charge is 0.469 e. The number of phosphoric acid groups is 1. The van der Waals surface area contributed by atoms with Gasteiger partial charge in [-0.05, 0) is 19.3 Å². The lowest BCUT2D eigenvalue weighted by Crippen LogP contribution is -2.29. The van der Waals surface area contributed by atoms with E-state index in [1.54, 1.807) is 6.92 Å². The van der Waals surface area contributed by atoms with E-state index in [-0.39, 0.29) is 24.6 Å². The molecule has 9 nitrogen and oxygen atoms in total. The van der Waals surface area contributed by atoms with Crippen molar-refractivity contribution < 1.29 is 42.7 Å². The predicted molar refractivity (Wildman–Crippen MR) is 155 cm³/mol. The van der Waals surface area contributed by atoms with Crippen LogP contribution < -0.4 is 0 Å². The number of esters is 2. The van der Waals surface area contributed by atoms with Crippen LogP contribution in [-0.4, -0.2) is 51.9 Å². The van der Waals surface area contributed by atoms with Crippen LogP contribution in [0.1, 0.15) is 136 Å². The number of hydrogen-bond acceptors (Lipinski definition) is 8. The highest BCUT2D eigenvalue weighted by atomic mass is 32.2. The molecule has 0 aliphatic rings. The molecular weight excluding hydrogens is 543 g/mol. The van der Waals surface area contributed by atoms with E-state index in [1.165, 1.54) is 50.3 Å². The number of ether oxygens (including phenoxy) is 2. The van der Waals surface area contributed by atoms with Gasteiger partial charge in [0, 0.05) is 25.5 Å². The Hall–Kier alpha value is -0.930. The van der Waals surface area contributed by atoms with Crippen molar-refractivity contribution in [2.45, 2.75) is 142 Å². The quantitative estimate of drug-likeness (QED) is 0.0566. The summed E-state index contributed by atoms with van der Waals surface area (Å²) >= 11 is 1.36. The molecule has 0 aromatic carbocycles. The summed E-state index contributed by atoms with van der Waals surface area (Å²) in [5.74, 6) is -0.0660. The molecule has 230 valence electrons. The van der Waals surface area contributed by atoms with Gasteiger partial charge in [-0.1, -0.05) is 109 Å². The predicted octanol–water partition coefficient (Wildman–Crippen LogP) is 7.26. The van der Waals surface area contributed by atoms with Gasteiger partial charge in [0.25, 0.3) is 0 Å². The maximum absolute atomic E-state index is 12.2. The number of hydrogen-bond donors (Lipinski definition) is 2. The van der Waals surface area contributed by atoms with Gasteiger partial charge in [-0.15, -0.1) is 0 Å². The second-order valence-electron chi connectivity index (χ2n) is 10.1. The smallest absolute Gasteiger partial charge is 0.462 e. The van der Waals surface area contributed by atoms with Crippen LogP contribution in [0.25, 0.3) is 0 Å². The van der Waals surface area contributed by atoms with Crippen molar-refractivity contribution in [3.63, 3.8) is 0 Å². The molecule has 0 spiro atoms. The summed E-state index contributed by atoms with van der Waals surface area (Å²) in [6.07, 6.45) is 17.7. The van der Waals surface area contributed by atoms with Gasteiger partial charge in [0.15, 0.2) is 11.2 Å². The van der Waals surface area contributed by atoms with E-state index < -0.39 is 32.5 Å². The van der Waals surface area contributed by atoms with Crippen LogP contribution >= 0.6 is 19.6 Å². The molecule has 0 amide bonds. The molecule has 0 aromatic heterocycles. The number of carbonyl (C=O) groups is 3. The van der Waals surface area contributed by atoms with Crippen molar-refractivity contribution in [2.75, 3.05) is 19.0 Å². The summed E-state index contributed by atoms with van der Waals surface area (Å²) in [6, 6.07) is 0. The van der Waals surface area contributed by atoms with Crippen molar-refractivity contribution in [2.24, 2.45) is 0 Å². The highest BCUT2D eigenvalue weighted by Crippen LogP contribution is 2.35. The molecular formula is C28H53O9PS. The van der Waals surface area contributed by atoms with E-state index in [0.29, 0.717) is 12.8 Å².